The van der Waals surface area contributed by atoms with Crippen LogP contribution < -0.4 is 5.32 Å². The van der Waals surface area contributed by atoms with E-state index in [9.17, 15) is 4.79 Å². The first-order valence-corrected chi connectivity index (χ1v) is 5.72. The smallest absolute Gasteiger partial charge is 0.303 e. The lowest BCUT2D eigenvalue weighted by atomic mass is 9.96. The van der Waals surface area contributed by atoms with Crippen LogP contribution in [0.3, 0.4) is 0 Å². The molecule has 1 aromatic carbocycles. The van der Waals surface area contributed by atoms with Gasteiger partial charge in [-0.1, -0.05) is 19.1 Å². The predicted octanol–water partition coefficient (Wildman–Crippen LogP) is 2.31. The average Bonchev–Trinajstić information content (AvgIpc) is 2.63. The zero-order valence-electron chi connectivity index (χ0n) is 9.49. The minimum absolute atomic E-state index is 0.199. The van der Waals surface area contributed by atoms with Crippen molar-refractivity contribution in [1.29, 1.82) is 0 Å². The van der Waals surface area contributed by atoms with Crippen LogP contribution in [0.25, 0.3) is 0 Å². The zero-order valence-corrected chi connectivity index (χ0v) is 9.49. The molecule has 3 heteroatoms. The summed E-state index contributed by atoms with van der Waals surface area (Å²) in [5.74, 6) is -0.514. The van der Waals surface area contributed by atoms with Crippen molar-refractivity contribution in [1.82, 2.24) is 0 Å². The third-order valence-corrected chi connectivity index (χ3v) is 2.99. The number of hydrogen-bond acceptors (Lipinski definition) is 2. The summed E-state index contributed by atoms with van der Waals surface area (Å²) >= 11 is 0. The van der Waals surface area contributed by atoms with Crippen LogP contribution in [0.4, 0.5) is 5.69 Å². The van der Waals surface area contributed by atoms with Gasteiger partial charge in [-0.3, -0.25) is 4.79 Å². The molecular weight excluding hydrogens is 202 g/mol. The second kappa shape index (κ2) is 4.56. The fraction of sp³-hybridized carbons (Fsp3) is 0.462. The minimum atomic E-state index is -0.713. The molecule has 1 aromatic rings. The summed E-state index contributed by atoms with van der Waals surface area (Å²) in [6.45, 7) is 3.00. The van der Waals surface area contributed by atoms with E-state index in [0.29, 0.717) is 0 Å². The van der Waals surface area contributed by atoms with E-state index in [1.807, 2.05) is 6.92 Å². The van der Waals surface area contributed by atoms with Gasteiger partial charge in [0.05, 0.1) is 0 Å². The van der Waals surface area contributed by atoms with Gasteiger partial charge in [-0.15, -0.1) is 0 Å². The maximum Gasteiger partial charge on any atom is 0.303 e. The van der Waals surface area contributed by atoms with Crippen molar-refractivity contribution in [2.75, 3.05) is 11.9 Å². The monoisotopic (exact) mass is 219 g/mol. The van der Waals surface area contributed by atoms with Gasteiger partial charge >= 0.3 is 5.97 Å². The second-order valence-corrected chi connectivity index (χ2v) is 4.58. The zero-order chi connectivity index (χ0) is 11.5. The van der Waals surface area contributed by atoms with Crippen LogP contribution in [-0.4, -0.2) is 17.6 Å². The number of aliphatic carboxylic acids is 1. The van der Waals surface area contributed by atoms with Crippen molar-refractivity contribution < 1.29 is 9.90 Å². The molecule has 2 N–H and O–H groups in total. The molecule has 0 fully saturated rings. The summed E-state index contributed by atoms with van der Waals surface area (Å²) in [5, 5.41) is 12.0. The first-order chi connectivity index (χ1) is 7.65. The summed E-state index contributed by atoms with van der Waals surface area (Å²) in [6, 6.07) is 6.40. The molecule has 0 bridgehead atoms. The Morgan fingerprint density at radius 3 is 3.12 bits per heavy atom. The number of hydrogen-bond donors (Lipinski definition) is 2. The van der Waals surface area contributed by atoms with Gasteiger partial charge in [0.15, 0.2) is 0 Å². The highest BCUT2D eigenvalue weighted by molar-refractivity contribution is 5.67. The van der Waals surface area contributed by atoms with E-state index in [2.05, 4.69) is 23.5 Å². The molecule has 0 spiro atoms. The fourth-order valence-electron chi connectivity index (χ4n) is 2.26. The normalized spacial score (nSPS) is 15.3. The molecule has 0 saturated heterocycles. The van der Waals surface area contributed by atoms with E-state index >= 15 is 0 Å². The lowest BCUT2D eigenvalue weighted by Gasteiger charge is -2.09. The first kappa shape index (κ1) is 11.0. The van der Waals surface area contributed by atoms with E-state index in [0.717, 1.165) is 19.4 Å². The summed E-state index contributed by atoms with van der Waals surface area (Å²) < 4.78 is 0. The SMILES string of the molecule is CC(CC(=O)O)Cc1ccc2c(c1)CCN2. The molecule has 1 heterocycles. The van der Waals surface area contributed by atoms with Gasteiger partial charge in [0.25, 0.3) is 0 Å². The van der Waals surface area contributed by atoms with Gasteiger partial charge < -0.3 is 10.4 Å². The quantitative estimate of drug-likeness (QED) is 0.817. The van der Waals surface area contributed by atoms with Gasteiger partial charge in [0.2, 0.25) is 0 Å². The van der Waals surface area contributed by atoms with Crippen molar-refractivity contribution in [3.8, 4) is 0 Å². The van der Waals surface area contributed by atoms with E-state index in [1.54, 1.807) is 0 Å². The molecule has 0 amide bonds. The van der Waals surface area contributed by atoms with Gasteiger partial charge in [-0.2, -0.15) is 0 Å². The highest BCUT2D eigenvalue weighted by atomic mass is 16.4. The van der Waals surface area contributed by atoms with Crippen molar-refractivity contribution in [3.05, 3.63) is 29.3 Å². The second-order valence-electron chi connectivity index (χ2n) is 4.58. The molecule has 1 aliphatic heterocycles. The number of rotatable bonds is 4. The molecule has 1 aliphatic rings. The van der Waals surface area contributed by atoms with Crippen LogP contribution in [-0.2, 0) is 17.6 Å². The molecule has 0 aliphatic carbocycles. The van der Waals surface area contributed by atoms with Gasteiger partial charge in [-0.25, -0.2) is 0 Å². The third-order valence-electron chi connectivity index (χ3n) is 2.99. The van der Waals surface area contributed by atoms with Crippen LogP contribution in [0.15, 0.2) is 18.2 Å². The number of anilines is 1. The van der Waals surface area contributed by atoms with Crippen molar-refractivity contribution in [2.24, 2.45) is 5.92 Å². The highest BCUT2D eigenvalue weighted by Gasteiger charge is 2.12. The number of benzene rings is 1. The average molecular weight is 219 g/mol. The summed E-state index contributed by atoms with van der Waals surface area (Å²) in [7, 11) is 0. The highest BCUT2D eigenvalue weighted by Crippen LogP contribution is 2.24. The Labute approximate surface area is 95.5 Å². The molecule has 1 atom stereocenters. The number of carbonyl (C=O) groups is 1. The molecule has 16 heavy (non-hydrogen) atoms. The topological polar surface area (TPSA) is 49.3 Å². The van der Waals surface area contributed by atoms with Crippen LogP contribution in [0.1, 0.15) is 24.5 Å². The van der Waals surface area contributed by atoms with Crippen LogP contribution in [0.5, 0.6) is 0 Å². The number of carboxylic acids is 1. The molecule has 86 valence electrons. The summed E-state index contributed by atoms with van der Waals surface area (Å²) in [4.78, 5) is 10.6. The van der Waals surface area contributed by atoms with E-state index in [4.69, 9.17) is 5.11 Å². The predicted molar refractivity (Wildman–Crippen MR) is 63.8 cm³/mol. The van der Waals surface area contributed by atoms with Gasteiger partial charge in [-0.05, 0) is 36.0 Å². The lowest BCUT2D eigenvalue weighted by molar-refractivity contribution is -0.137. The Morgan fingerprint density at radius 2 is 2.38 bits per heavy atom. The van der Waals surface area contributed by atoms with Crippen molar-refractivity contribution in [3.63, 3.8) is 0 Å². The molecule has 0 aromatic heterocycles. The Hall–Kier alpha value is -1.51. The summed E-state index contributed by atoms with van der Waals surface area (Å²) in [5.41, 5.74) is 3.84. The molecule has 2 rings (SSSR count). The lowest BCUT2D eigenvalue weighted by Crippen LogP contribution is -2.07. The Morgan fingerprint density at radius 1 is 1.56 bits per heavy atom. The molecular formula is C13H17NO2. The molecule has 3 nitrogen and oxygen atoms in total. The molecule has 0 saturated carbocycles. The summed E-state index contributed by atoms with van der Waals surface area (Å²) in [6.07, 6.45) is 2.17. The number of fused-ring (bicyclic) bond motifs is 1. The maximum atomic E-state index is 10.6. The first-order valence-electron chi connectivity index (χ1n) is 5.72. The third kappa shape index (κ3) is 2.54. The van der Waals surface area contributed by atoms with Gasteiger partial charge in [0.1, 0.15) is 0 Å². The van der Waals surface area contributed by atoms with Crippen molar-refractivity contribution >= 4 is 11.7 Å². The van der Waals surface area contributed by atoms with Crippen LogP contribution >= 0.6 is 0 Å². The standard InChI is InChI=1S/C13H17NO2/c1-9(7-13(15)16)6-10-2-3-12-11(8-10)4-5-14-12/h2-3,8-9,14H,4-7H2,1H3,(H,15,16). The van der Waals surface area contributed by atoms with Crippen molar-refractivity contribution in [2.45, 2.75) is 26.2 Å². The van der Waals surface area contributed by atoms with Crippen LogP contribution in [0.2, 0.25) is 0 Å². The van der Waals surface area contributed by atoms with Crippen LogP contribution in [0, 0.1) is 5.92 Å². The Bertz CT molecular complexity index is 401. The van der Waals surface area contributed by atoms with E-state index < -0.39 is 5.97 Å². The Balaban J connectivity index is 2.02. The minimum Gasteiger partial charge on any atom is -0.481 e. The Kier molecular flexibility index (Phi) is 3.13. The maximum absolute atomic E-state index is 10.6. The van der Waals surface area contributed by atoms with E-state index in [1.165, 1.54) is 16.8 Å². The number of nitrogens with one attached hydrogen (secondary N) is 1. The number of carboxylic acid groups (broad SMARTS) is 1. The largest absolute Gasteiger partial charge is 0.481 e. The molecule has 0 radical (unpaired) electrons. The molecule has 1 unspecified atom stereocenters. The fourth-order valence-corrected chi connectivity index (χ4v) is 2.26. The van der Waals surface area contributed by atoms with E-state index in [-0.39, 0.29) is 12.3 Å². The van der Waals surface area contributed by atoms with Gasteiger partial charge in [0, 0.05) is 18.7 Å².